The number of carbonyl (C=O) groups excluding carboxylic acids is 1. The minimum Gasteiger partial charge on any atom is -0.412 e. The van der Waals surface area contributed by atoms with Gasteiger partial charge in [0.1, 0.15) is 5.78 Å². The fourth-order valence-corrected chi connectivity index (χ4v) is 1.56. The summed E-state index contributed by atoms with van der Waals surface area (Å²) in [6, 6.07) is 3.93. The third kappa shape index (κ3) is 4.55. The molecular weight excluding hydrogens is 259 g/mol. The van der Waals surface area contributed by atoms with E-state index in [1.54, 1.807) is 19.9 Å². The highest BCUT2D eigenvalue weighted by molar-refractivity contribution is 5.82. The average molecular weight is 277 g/mol. The number of alkyl halides is 3. The molecule has 1 rings (SSSR count). The van der Waals surface area contributed by atoms with Crippen LogP contribution in [-0.2, 0) is 17.4 Å². The van der Waals surface area contributed by atoms with Crippen LogP contribution < -0.4 is 5.32 Å². The zero-order valence-corrected chi connectivity index (χ0v) is 11.1. The summed E-state index contributed by atoms with van der Waals surface area (Å²) in [4.78, 5) is 11.5. The molecule has 3 nitrogen and oxygen atoms in total. The summed E-state index contributed by atoms with van der Waals surface area (Å²) in [5.41, 5.74) is -0.331. The largest absolute Gasteiger partial charge is 0.418 e. The van der Waals surface area contributed by atoms with E-state index >= 15 is 0 Å². The molecule has 0 aromatic heterocycles. The summed E-state index contributed by atoms with van der Waals surface area (Å²) < 4.78 is 38.4. The summed E-state index contributed by atoms with van der Waals surface area (Å²) in [5, 5.41) is 2.50. The lowest BCUT2D eigenvalue weighted by molar-refractivity contribution is -0.137. The van der Waals surface area contributed by atoms with Crippen molar-refractivity contribution < 1.29 is 23.4 Å². The predicted octanol–water partition coefficient (Wildman–Crippen LogP) is 2.69. The molecule has 1 aromatic rings. The van der Waals surface area contributed by atoms with E-state index in [0.29, 0.717) is 5.56 Å². The molecule has 0 unspecified atom stereocenters. The van der Waals surface area contributed by atoms with E-state index in [-0.39, 0.29) is 29.3 Å². The maximum absolute atomic E-state index is 12.8. The number of hydrogen-bond acceptors (Lipinski definition) is 2. The van der Waals surface area contributed by atoms with Gasteiger partial charge in [0.05, 0.1) is 5.56 Å². The van der Waals surface area contributed by atoms with Crippen LogP contribution >= 0.6 is 0 Å². The van der Waals surface area contributed by atoms with Gasteiger partial charge >= 0.3 is 6.18 Å². The van der Waals surface area contributed by atoms with Crippen LogP contribution in [0.15, 0.2) is 18.2 Å². The van der Waals surface area contributed by atoms with Gasteiger partial charge in [0.2, 0.25) is 0 Å². The minimum atomic E-state index is -4.42. The van der Waals surface area contributed by atoms with Gasteiger partial charge in [-0.1, -0.05) is 19.9 Å². The molecule has 3 N–H and O–H groups in total. The maximum Gasteiger partial charge on any atom is 0.418 e. The topological polar surface area (TPSA) is 60.6 Å². The zero-order chi connectivity index (χ0) is 13.9. The normalized spacial score (nSPS) is 11.1. The monoisotopic (exact) mass is 277 g/mol. The van der Waals surface area contributed by atoms with Crippen molar-refractivity contribution in [2.45, 2.75) is 26.4 Å². The van der Waals surface area contributed by atoms with Crippen molar-refractivity contribution in [2.75, 3.05) is 12.4 Å². The summed E-state index contributed by atoms with van der Waals surface area (Å²) >= 11 is 0. The Morgan fingerprint density at radius 1 is 1.32 bits per heavy atom. The van der Waals surface area contributed by atoms with Crippen LogP contribution in [0.2, 0.25) is 0 Å². The Hall–Kier alpha value is -1.56. The molecule has 19 heavy (non-hydrogen) atoms. The molecule has 0 aliphatic carbocycles. The average Bonchev–Trinajstić information content (AvgIpc) is 2.27. The second-order valence-electron chi connectivity index (χ2n) is 4.43. The molecule has 0 heterocycles. The molecule has 108 valence electrons. The van der Waals surface area contributed by atoms with E-state index in [4.69, 9.17) is 0 Å². The summed E-state index contributed by atoms with van der Waals surface area (Å²) in [6.45, 7) is 3.46. The molecule has 0 radical (unpaired) electrons. The first-order valence-corrected chi connectivity index (χ1v) is 5.66. The van der Waals surface area contributed by atoms with E-state index in [2.05, 4.69) is 5.32 Å². The van der Waals surface area contributed by atoms with Crippen molar-refractivity contribution in [3.63, 3.8) is 0 Å². The van der Waals surface area contributed by atoms with Crippen LogP contribution in [0.3, 0.4) is 0 Å². The van der Waals surface area contributed by atoms with Crippen molar-refractivity contribution in [2.24, 2.45) is 5.92 Å². The number of nitrogens with one attached hydrogen (secondary N) is 1. The standard InChI is InChI=1S/C13H16F3NO.H2O/c1-8(2)12(18)7-9-4-5-11(17-3)10(6-9)13(14,15)16;/h4-6,8,17H,7H2,1-3H3;1H2. The van der Waals surface area contributed by atoms with E-state index in [1.165, 1.54) is 13.1 Å². The van der Waals surface area contributed by atoms with Gasteiger partial charge in [-0.2, -0.15) is 13.2 Å². The van der Waals surface area contributed by atoms with Crippen LogP contribution in [0.25, 0.3) is 0 Å². The van der Waals surface area contributed by atoms with Crippen LogP contribution in [0.5, 0.6) is 0 Å². The number of rotatable bonds is 4. The molecule has 1 aromatic carbocycles. The van der Waals surface area contributed by atoms with Crippen LogP contribution in [0.1, 0.15) is 25.0 Å². The number of anilines is 1. The fourth-order valence-electron chi connectivity index (χ4n) is 1.56. The fraction of sp³-hybridized carbons (Fsp3) is 0.462. The SMILES string of the molecule is CNc1ccc(CC(=O)C(C)C)cc1C(F)(F)F.O. The third-order valence-corrected chi connectivity index (χ3v) is 2.68. The summed E-state index contributed by atoms with van der Waals surface area (Å²) in [6.07, 6.45) is -4.39. The number of halogens is 3. The maximum atomic E-state index is 12.8. The molecule has 6 heteroatoms. The van der Waals surface area contributed by atoms with E-state index in [0.717, 1.165) is 6.07 Å². The lowest BCUT2D eigenvalue weighted by atomic mass is 9.99. The lowest BCUT2D eigenvalue weighted by Gasteiger charge is -2.14. The Kier molecular flexibility index (Phi) is 6.02. The van der Waals surface area contributed by atoms with Crippen molar-refractivity contribution in [1.29, 1.82) is 0 Å². The first-order chi connectivity index (χ1) is 8.25. The highest BCUT2D eigenvalue weighted by Gasteiger charge is 2.33. The van der Waals surface area contributed by atoms with Crippen molar-refractivity contribution in [3.8, 4) is 0 Å². The Labute approximate surface area is 110 Å². The van der Waals surface area contributed by atoms with Gasteiger partial charge < -0.3 is 10.8 Å². The zero-order valence-electron chi connectivity index (χ0n) is 11.1. The first-order valence-electron chi connectivity index (χ1n) is 5.66. The second-order valence-corrected chi connectivity index (χ2v) is 4.43. The number of ketones is 1. The number of Topliss-reactive ketones (excluding diaryl/α,β-unsaturated/α-hetero) is 1. The van der Waals surface area contributed by atoms with Gasteiger partial charge in [0, 0.05) is 25.1 Å². The number of carbonyl (C=O) groups is 1. The van der Waals surface area contributed by atoms with E-state index < -0.39 is 11.7 Å². The number of hydrogen-bond donors (Lipinski definition) is 1. The van der Waals surface area contributed by atoms with Crippen molar-refractivity contribution >= 4 is 11.5 Å². The van der Waals surface area contributed by atoms with Crippen LogP contribution in [-0.4, -0.2) is 18.3 Å². The molecule has 0 bridgehead atoms. The molecule has 0 amide bonds. The highest BCUT2D eigenvalue weighted by Crippen LogP contribution is 2.35. The van der Waals surface area contributed by atoms with Gasteiger partial charge in [-0.05, 0) is 17.7 Å². The molecule has 0 saturated carbocycles. The molecule has 0 aliphatic rings. The van der Waals surface area contributed by atoms with Gasteiger partial charge in [-0.3, -0.25) is 4.79 Å². The Morgan fingerprint density at radius 2 is 1.89 bits per heavy atom. The second kappa shape index (κ2) is 6.56. The summed E-state index contributed by atoms with van der Waals surface area (Å²) in [7, 11) is 1.43. The van der Waals surface area contributed by atoms with E-state index in [1.807, 2.05) is 0 Å². The molecule has 0 fully saturated rings. The Morgan fingerprint density at radius 3 is 2.32 bits per heavy atom. The molecule has 0 saturated heterocycles. The number of benzene rings is 1. The van der Waals surface area contributed by atoms with Crippen LogP contribution in [0.4, 0.5) is 18.9 Å². The molecule has 0 aliphatic heterocycles. The first kappa shape index (κ1) is 17.4. The Bertz CT molecular complexity index is 442. The molecule has 0 atom stereocenters. The lowest BCUT2D eigenvalue weighted by Crippen LogP contribution is -2.13. The minimum absolute atomic E-state index is 0. The smallest absolute Gasteiger partial charge is 0.412 e. The van der Waals surface area contributed by atoms with Crippen molar-refractivity contribution in [1.82, 2.24) is 0 Å². The van der Waals surface area contributed by atoms with Crippen LogP contribution in [0, 0.1) is 5.92 Å². The molecular formula is C13H18F3NO2. The Balaban J connectivity index is 0.00000324. The van der Waals surface area contributed by atoms with Gasteiger partial charge in [-0.25, -0.2) is 0 Å². The highest BCUT2D eigenvalue weighted by atomic mass is 19.4. The van der Waals surface area contributed by atoms with E-state index in [9.17, 15) is 18.0 Å². The van der Waals surface area contributed by atoms with Crippen molar-refractivity contribution in [3.05, 3.63) is 29.3 Å². The quantitative estimate of drug-likeness (QED) is 0.919. The summed E-state index contributed by atoms with van der Waals surface area (Å²) in [5.74, 6) is -0.247. The van der Waals surface area contributed by atoms with Gasteiger partial charge in [0.15, 0.2) is 0 Å². The predicted molar refractivity (Wildman–Crippen MR) is 68.2 cm³/mol. The molecule has 0 spiro atoms. The third-order valence-electron chi connectivity index (χ3n) is 2.68. The van der Waals surface area contributed by atoms with Gasteiger partial charge in [-0.15, -0.1) is 0 Å². The van der Waals surface area contributed by atoms with Gasteiger partial charge in [0.25, 0.3) is 0 Å².